The Kier molecular flexibility index (Phi) is 4.77. The molecular weight excluding hydrogens is 262 g/mol. The molecule has 1 atom stereocenters. The maximum absolute atomic E-state index is 11.2. The summed E-state index contributed by atoms with van der Waals surface area (Å²) in [6.45, 7) is 2.14. The second-order valence-electron chi connectivity index (χ2n) is 3.19. The van der Waals surface area contributed by atoms with Crippen LogP contribution >= 0.6 is 15.9 Å². The van der Waals surface area contributed by atoms with E-state index in [9.17, 15) is 4.79 Å². The fourth-order valence-corrected chi connectivity index (χ4v) is 1.54. The summed E-state index contributed by atoms with van der Waals surface area (Å²) in [4.78, 5) is 11.2. The molecule has 1 aromatic heterocycles. The van der Waals surface area contributed by atoms with Gasteiger partial charge in [-0.3, -0.25) is 4.79 Å². The Morgan fingerprint density at radius 1 is 1.73 bits per heavy atom. The first kappa shape index (κ1) is 12.2. The number of halogens is 1. The number of aromatic nitrogens is 2. The van der Waals surface area contributed by atoms with Crippen molar-refractivity contribution in [3.8, 4) is 0 Å². The van der Waals surface area contributed by atoms with E-state index in [0.29, 0.717) is 16.6 Å². The fourth-order valence-electron chi connectivity index (χ4n) is 1.24. The molecule has 1 unspecified atom stereocenters. The molecule has 0 aliphatic rings. The Hall–Kier alpha value is -0.880. The molecule has 1 rings (SSSR count). The lowest BCUT2D eigenvalue weighted by Gasteiger charge is -2.17. The van der Waals surface area contributed by atoms with E-state index < -0.39 is 0 Å². The summed E-state index contributed by atoms with van der Waals surface area (Å²) in [5, 5.41) is 18.0. The molecule has 6 heteroatoms. The van der Waals surface area contributed by atoms with E-state index >= 15 is 0 Å². The molecule has 0 fully saturated rings. The molecule has 0 radical (unpaired) electrons. The molecule has 0 saturated carbocycles. The van der Waals surface area contributed by atoms with Crippen molar-refractivity contribution in [3.05, 3.63) is 21.0 Å². The number of H-pyrrole nitrogens is 1. The van der Waals surface area contributed by atoms with Crippen LogP contribution in [0.4, 0.5) is 5.69 Å². The van der Waals surface area contributed by atoms with E-state index in [0.717, 1.165) is 6.42 Å². The van der Waals surface area contributed by atoms with Crippen LogP contribution in [0.25, 0.3) is 0 Å². The number of nitrogens with zero attached hydrogens (tertiary/aromatic N) is 1. The van der Waals surface area contributed by atoms with Crippen LogP contribution in [0.5, 0.6) is 0 Å². The number of aliphatic hydroxyl groups excluding tert-OH is 1. The Labute approximate surface area is 96.0 Å². The number of aliphatic hydroxyl groups is 1. The van der Waals surface area contributed by atoms with Crippen molar-refractivity contribution in [2.45, 2.75) is 25.8 Å². The van der Waals surface area contributed by atoms with Crippen molar-refractivity contribution < 1.29 is 5.11 Å². The van der Waals surface area contributed by atoms with E-state index in [2.05, 4.69) is 31.4 Å². The average molecular weight is 276 g/mol. The summed E-state index contributed by atoms with van der Waals surface area (Å²) in [7, 11) is 0. The Morgan fingerprint density at radius 3 is 3.07 bits per heavy atom. The lowest BCUT2D eigenvalue weighted by Crippen LogP contribution is -2.22. The molecule has 0 amide bonds. The van der Waals surface area contributed by atoms with Gasteiger partial charge in [0.05, 0.1) is 11.9 Å². The standard InChI is InChI=1S/C9H14BrN3O2/c1-2-6(3-4-14)12-7-5-11-13-9(15)8(7)10/h5-6,14H,2-4H2,1H3,(H2,12,13,15). The summed E-state index contributed by atoms with van der Waals surface area (Å²) in [6.07, 6.45) is 3.07. The van der Waals surface area contributed by atoms with Gasteiger partial charge in [-0.05, 0) is 28.8 Å². The number of aromatic amines is 1. The molecule has 0 spiro atoms. The average Bonchev–Trinajstić information content (AvgIpc) is 2.24. The minimum absolute atomic E-state index is 0.125. The van der Waals surface area contributed by atoms with Crippen molar-refractivity contribution in [3.63, 3.8) is 0 Å². The third-order valence-corrected chi connectivity index (χ3v) is 2.91. The van der Waals surface area contributed by atoms with Gasteiger partial charge in [-0.25, -0.2) is 5.10 Å². The summed E-state index contributed by atoms with van der Waals surface area (Å²) >= 11 is 3.18. The highest BCUT2D eigenvalue weighted by Crippen LogP contribution is 2.17. The molecule has 3 N–H and O–H groups in total. The number of anilines is 1. The van der Waals surface area contributed by atoms with Crippen molar-refractivity contribution >= 4 is 21.6 Å². The maximum atomic E-state index is 11.2. The molecule has 0 saturated heterocycles. The van der Waals surface area contributed by atoms with Gasteiger partial charge in [-0.2, -0.15) is 5.10 Å². The normalized spacial score (nSPS) is 12.5. The smallest absolute Gasteiger partial charge is 0.280 e. The molecule has 1 heterocycles. The molecule has 15 heavy (non-hydrogen) atoms. The van der Waals surface area contributed by atoms with Crippen LogP contribution in [0.3, 0.4) is 0 Å². The second-order valence-corrected chi connectivity index (χ2v) is 3.98. The van der Waals surface area contributed by atoms with Crippen molar-refractivity contribution in [2.75, 3.05) is 11.9 Å². The quantitative estimate of drug-likeness (QED) is 0.752. The molecule has 0 aromatic carbocycles. The van der Waals surface area contributed by atoms with Gasteiger partial charge < -0.3 is 10.4 Å². The minimum atomic E-state index is -0.265. The van der Waals surface area contributed by atoms with Gasteiger partial charge in [-0.15, -0.1) is 0 Å². The summed E-state index contributed by atoms with van der Waals surface area (Å²) in [5.74, 6) is 0. The van der Waals surface area contributed by atoms with Crippen molar-refractivity contribution in [2.24, 2.45) is 0 Å². The highest BCUT2D eigenvalue weighted by atomic mass is 79.9. The number of hydrogen-bond donors (Lipinski definition) is 3. The first-order valence-electron chi connectivity index (χ1n) is 4.79. The largest absolute Gasteiger partial charge is 0.396 e. The highest BCUT2D eigenvalue weighted by Gasteiger charge is 2.09. The van der Waals surface area contributed by atoms with Crippen LogP contribution in [-0.4, -0.2) is 28.0 Å². The molecular formula is C9H14BrN3O2. The van der Waals surface area contributed by atoms with Gasteiger partial charge in [0.2, 0.25) is 0 Å². The van der Waals surface area contributed by atoms with Crippen LogP contribution in [0, 0.1) is 0 Å². The molecule has 0 aliphatic carbocycles. The summed E-state index contributed by atoms with van der Waals surface area (Å²) < 4.78 is 0.439. The van der Waals surface area contributed by atoms with Gasteiger partial charge in [0, 0.05) is 12.6 Å². The zero-order valence-electron chi connectivity index (χ0n) is 8.46. The molecule has 1 aromatic rings. The van der Waals surface area contributed by atoms with E-state index in [4.69, 9.17) is 5.11 Å². The number of rotatable bonds is 5. The highest BCUT2D eigenvalue weighted by molar-refractivity contribution is 9.10. The van der Waals surface area contributed by atoms with Crippen molar-refractivity contribution in [1.82, 2.24) is 10.2 Å². The van der Waals surface area contributed by atoms with Crippen LogP contribution in [0.1, 0.15) is 19.8 Å². The van der Waals surface area contributed by atoms with Gasteiger partial charge in [0.25, 0.3) is 5.56 Å². The lowest BCUT2D eigenvalue weighted by molar-refractivity contribution is 0.278. The van der Waals surface area contributed by atoms with Crippen LogP contribution in [-0.2, 0) is 0 Å². The Morgan fingerprint density at radius 2 is 2.47 bits per heavy atom. The Bertz CT molecular complexity index is 367. The second kappa shape index (κ2) is 5.87. The zero-order chi connectivity index (χ0) is 11.3. The SMILES string of the molecule is CCC(CCO)Nc1cn[nH]c(=O)c1Br. The number of nitrogens with one attached hydrogen (secondary N) is 2. The molecule has 84 valence electrons. The van der Waals surface area contributed by atoms with E-state index in [-0.39, 0.29) is 18.2 Å². The van der Waals surface area contributed by atoms with Crippen LogP contribution in [0.15, 0.2) is 15.5 Å². The summed E-state index contributed by atoms with van der Waals surface area (Å²) in [6, 6.07) is 0.148. The molecule has 5 nitrogen and oxygen atoms in total. The van der Waals surface area contributed by atoms with Crippen molar-refractivity contribution in [1.29, 1.82) is 0 Å². The van der Waals surface area contributed by atoms with Crippen LogP contribution in [0.2, 0.25) is 0 Å². The monoisotopic (exact) mass is 275 g/mol. The van der Waals surface area contributed by atoms with Gasteiger partial charge in [0.1, 0.15) is 4.47 Å². The van der Waals surface area contributed by atoms with Gasteiger partial charge >= 0.3 is 0 Å². The summed E-state index contributed by atoms with van der Waals surface area (Å²) in [5.41, 5.74) is 0.387. The van der Waals surface area contributed by atoms with Gasteiger partial charge in [0.15, 0.2) is 0 Å². The number of hydrogen-bond acceptors (Lipinski definition) is 4. The lowest BCUT2D eigenvalue weighted by atomic mass is 10.1. The topological polar surface area (TPSA) is 78.0 Å². The van der Waals surface area contributed by atoms with E-state index in [1.807, 2.05) is 6.92 Å². The van der Waals surface area contributed by atoms with E-state index in [1.165, 1.54) is 0 Å². The third-order valence-electron chi connectivity index (χ3n) is 2.13. The first-order chi connectivity index (χ1) is 7.19. The Balaban J connectivity index is 2.79. The third kappa shape index (κ3) is 3.32. The predicted octanol–water partition coefficient (Wildman–Crippen LogP) is 1.11. The van der Waals surface area contributed by atoms with Gasteiger partial charge in [-0.1, -0.05) is 6.92 Å². The first-order valence-corrected chi connectivity index (χ1v) is 5.59. The fraction of sp³-hybridized carbons (Fsp3) is 0.556. The predicted molar refractivity (Wildman–Crippen MR) is 62.0 cm³/mol. The zero-order valence-corrected chi connectivity index (χ0v) is 10.0. The minimum Gasteiger partial charge on any atom is -0.396 e. The maximum Gasteiger partial charge on any atom is 0.280 e. The van der Waals surface area contributed by atoms with Crippen LogP contribution < -0.4 is 10.9 Å². The van der Waals surface area contributed by atoms with E-state index in [1.54, 1.807) is 6.20 Å². The molecule has 0 bridgehead atoms. The molecule has 0 aliphatic heterocycles.